The van der Waals surface area contributed by atoms with Crippen LogP contribution >= 0.6 is 0 Å². The van der Waals surface area contributed by atoms with E-state index < -0.39 is 11.4 Å². The lowest BCUT2D eigenvalue weighted by atomic mass is 9.87. The van der Waals surface area contributed by atoms with Crippen LogP contribution in [0.5, 0.6) is 0 Å². The van der Waals surface area contributed by atoms with Crippen LogP contribution < -0.4 is 0 Å². The lowest BCUT2D eigenvalue weighted by Gasteiger charge is -2.29. The third kappa shape index (κ3) is 2.03. The number of fused-ring (bicyclic) bond motifs is 1. The summed E-state index contributed by atoms with van der Waals surface area (Å²) >= 11 is 0. The van der Waals surface area contributed by atoms with E-state index in [-0.39, 0.29) is 12.5 Å². The molecule has 1 heterocycles. The minimum Gasteiger partial charge on any atom is -0.481 e. The van der Waals surface area contributed by atoms with E-state index in [9.17, 15) is 14.7 Å². The fourth-order valence-electron chi connectivity index (χ4n) is 2.18. The fourth-order valence-corrected chi connectivity index (χ4v) is 2.18. The van der Waals surface area contributed by atoms with Crippen molar-refractivity contribution in [3.63, 3.8) is 0 Å². The van der Waals surface area contributed by atoms with Crippen LogP contribution in [0, 0.1) is 5.41 Å². The number of hydrogen-bond donors (Lipinski definition) is 1. The number of rotatable bonds is 4. The molecule has 1 atom stereocenters. The average molecular weight is 259 g/mol. The van der Waals surface area contributed by atoms with E-state index in [1.807, 2.05) is 19.1 Å². The fraction of sp³-hybridized carbons (Fsp3) is 0.333. The molecule has 4 heteroatoms. The van der Waals surface area contributed by atoms with Gasteiger partial charge in [-0.25, -0.2) is 0 Å². The van der Waals surface area contributed by atoms with Crippen LogP contribution in [-0.2, 0) is 4.79 Å². The molecule has 100 valence electrons. The molecule has 2 rings (SSSR count). The second-order valence-corrected chi connectivity index (χ2v) is 5.10. The highest BCUT2D eigenvalue weighted by molar-refractivity contribution is 6.09. The molecule has 0 spiro atoms. The molecule has 1 aromatic carbocycles. The highest BCUT2D eigenvalue weighted by Gasteiger charge is 2.39. The molecule has 1 aromatic rings. The van der Waals surface area contributed by atoms with Crippen molar-refractivity contribution in [3.8, 4) is 0 Å². The number of carbonyl (C=O) groups excluding carboxylic acids is 1. The number of carboxylic acids is 1. The quantitative estimate of drug-likeness (QED) is 0.904. The van der Waals surface area contributed by atoms with Crippen molar-refractivity contribution in [1.29, 1.82) is 0 Å². The Hall–Kier alpha value is -2.10. The summed E-state index contributed by atoms with van der Waals surface area (Å²) in [6.07, 6.45) is 0.454. The molecule has 0 fully saturated rings. The second kappa shape index (κ2) is 4.53. The molecule has 1 aliphatic rings. The minimum atomic E-state index is -0.958. The molecule has 1 amide bonds. The first-order chi connectivity index (χ1) is 8.90. The lowest BCUT2D eigenvalue weighted by molar-refractivity contribution is -0.148. The van der Waals surface area contributed by atoms with Crippen LogP contribution in [-0.4, -0.2) is 28.4 Å². The maximum atomic E-state index is 12.3. The van der Waals surface area contributed by atoms with Crippen LogP contribution in [0.1, 0.15) is 36.2 Å². The molecule has 1 unspecified atom stereocenters. The monoisotopic (exact) mass is 259 g/mol. The van der Waals surface area contributed by atoms with E-state index in [0.717, 1.165) is 5.56 Å². The molecule has 0 saturated heterocycles. The Labute approximate surface area is 112 Å². The Bertz CT molecular complexity index is 529. The first-order valence-electron chi connectivity index (χ1n) is 6.24. The van der Waals surface area contributed by atoms with E-state index in [0.29, 0.717) is 17.7 Å². The molecule has 0 bridgehead atoms. The number of aliphatic carboxylic acids is 1. The topological polar surface area (TPSA) is 57.6 Å². The molecule has 0 aliphatic carbocycles. The van der Waals surface area contributed by atoms with Gasteiger partial charge in [-0.2, -0.15) is 0 Å². The maximum Gasteiger partial charge on any atom is 0.311 e. The summed E-state index contributed by atoms with van der Waals surface area (Å²) < 4.78 is 0. The molecule has 1 aliphatic heterocycles. The first-order valence-corrected chi connectivity index (χ1v) is 6.24. The Morgan fingerprint density at radius 1 is 1.37 bits per heavy atom. The van der Waals surface area contributed by atoms with Crippen molar-refractivity contribution in [2.75, 3.05) is 6.54 Å². The van der Waals surface area contributed by atoms with Gasteiger partial charge in [-0.3, -0.25) is 9.59 Å². The summed E-state index contributed by atoms with van der Waals surface area (Å²) in [5.41, 5.74) is 1.01. The van der Waals surface area contributed by atoms with Crippen LogP contribution in [0.3, 0.4) is 0 Å². The van der Waals surface area contributed by atoms with E-state index in [4.69, 9.17) is 0 Å². The first kappa shape index (κ1) is 13.3. The van der Waals surface area contributed by atoms with Gasteiger partial charge in [0, 0.05) is 23.4 Å². The predicted octanol–water partition coefficient (Wildman–Crippen LogP) is 2.61. The summed E-state index contributed by atoms with van der Waals surface area (Å²) in [6, 6.07) is 7.22. The normalized spacial score (nSPS) is 17.3. The number of carbonyl (C=O) groups is 2. The Morgan fingerprint density at radius 3 is 2.42 bits per heavy atom. The standard InChI is InChI=1S/C15H17NO3/c1-4-15(3,14(18)19)9-16-10(2)11-7-5-6-8-12(11)13(16)17/h5-8H,2,4,9H2,1,3H3,(H,18,19). The number of amides is 1. The van der Waals surface area contributed by atoms with Crippen molar-refractivity contribution in [2.24, 2.45) is 5.41 Å². The minimum absolute atomic E-state index is 0.144. The molecular weight excluding hydrogens is 242 g/mol. The van der Waals surface area contributed by atoms with Gasteiger partial charge in [0.05, 0.1) is 5.41 Å². The van der Waals surface area contributed by atoms with Crippen molar-refractivity contribution in [3.05, 3.63) is 42.0 Å². The smallest absolute Gasteiger partial charge is 0.311 e. The van der Waals surface area contributed by atoms with Crippen molar-refractivity contribution >= 4 is 17.6 Å². The molecule has 19 heavy (non-hydrogen) atoms. The SMILES string of the molecule is C=C1c2ccccc2C(=O)N1CC(C)(CC)C(=O)O. The van der Waals surface area contributed by atoms with Gasteiger partial charge in [0.25, 0.3) is 5.91 Å². The molecule has 0 saturated carbocycles. The van der Waals surface area contributed by atoms with Gasteiger partial charge < -0.3 is 10.0 Å². The van der Waals surface area contributed by atoms with Gasteiger partial charge in [0.1, 0.15) is 0 Å². The molecule has 0 aromatic heterocycles. The average Bonchev–Trinajstić information content (AvgIpc) is 2.64. The molecule has 0 radical (unpaired) electrons. The third-order valence-corrected chi connectivity index (χ3v) is 3.84. The van der Waals surface area contributed by atoms with E-state index >= 15 is 0 Å². The zero-order valence-electron chi connectivity index (χ0n) is 11.1. The van der Waals surface area contributed by atoms with E-state index in [1.54, 1.807) is 19.1 Å². The van der Waals surface area contributed by atoms with Gasteiger partial charge in [0.15, 0.2) is 0 Å². The molecular formula is C15H17NO3. The van der Waals surface area contributed by atoms with Gasteiger partial charge in [-0.05, 0) is 19.4 Å². The molecule has 4 nitrogen and oxygen atoms in total. The predicted molar refractivity (Wildman–Crippen MR) is 72.5 cm³/mol. The van der Waals surface area contributed by atoms with Gasteiger partial charge in [0.2, 0.25) is 0 Å². The van der Waals surface area contributed by atoms with Crippen molar-refractivity contribution < 1.29 is 14.7 Å². The summed E-state index contributed by atoms with van der Waals surface area (Å²) in [5.74, 6) is -1.06. The van der Waals surface area contributed by atoms with E-state index in [2.05, 4.69) is 6.58 Å². The number of benzene rings is 1. The van der Waals surface area contributed by atoms with Crippen LogP contribution in [0.15, 0.2) is 30.8 Å². The lowest BCUT2D eigenvalue weighted by Crippen LogP contribution is -2.40. The Morgan fingerprint density at radius 2 is 1.95 bits per heavy atom. The van der Waals surface area contributed by atoms with Crippen LogP contribution in [0.25, 0.3) is 5.70 Å². The van der Waals surface area contributed by atoms with Gasteiger partial charge in [-0.1, -0.05) is 31.7 Å². The number of hydrogen-bond acceptors (Lipinski definition) is 2. The third-order valence-electron chi connectivity index (χ3n) is 3.84. The highest BCUT2D eigenvalue weighted by atomic mass is 16.4. The Balaban J connectivity index is 2.33. The molecule has 1 N–H and O–H groups in total. The van der Waals surface area contributed by atoms with Crippen LogP contribution in [0.4, 0.5) is 0 Å². The highest BCUT2D eigenvalue weighted by Crippen LogP contribution is 2.35. The Kier molecular flexibility index (Phi) is 3.18. The summed E-state index contributed by atoms with van der Waals surface area (Å²) in [6.45, 7) is 7.52. The van der Waals surface area contributed by atoms with Crippen LogP contribution in [0.2, 0.25) is 0 Å². The summed E-state index contributed by atoms with van der Waals surface area (Å²) in [5, 5.41) is 9.31. The zero-order chi connectivity index (χ0) is 14.2. The second-order valence-electron chi connectivity index (χ2n) is 5.10. The van der Waals surface area contributed by atoms with Crippen molar-refractivity contribution in [2.45, 2.75) is 20.3 Å². The zero-order valence-corrected chi connectivity index (χ0v) is 11.1. The summed E-state index contributed by atoms with van der Waals surface area (Å²) in [7, 11) is 0. The van der Waals surface area contributed by atoms with Gasteiger partial charge in [-0.15, -0.1) is 0 Å². The van der Waals surface area contributed by atoms with Gasteiger partial charge >= 0.3 is 5.97 Å². The van der Waals surface area contributed by atoms with E-state index in [1.165, 1.54) is 4.90 Å². The largest absolute Gasteiger partial charge is 0.481 e. The number of nitrogens with zero attached hydrogens (tertiary/aromatic N) is 1. The maximum absolute atomic E-state index is 12.3. The number of carboxylic acid groups (broad SMARTS) is 1. The van der Waals surface area contributed by atoms with Crippen molar-refractivity contribution in [1.82, 2.24) is 4.90 Å². The summed E-state index contributed by atoms with van der Waals surface area (Å²) in [4.78, 5) is 25.1.